The highest BCUT2D eigenvalue weighted by Gasteiger charge is 2.08. The third kappa shape index (κ3) is 3.87. The van der Waals surface area contributed by atoms with E-state index < -0.39 is 0 Å². The summed E-state index contributed by atoms with van der Waals surface area (Å²) in [5.74, 6) is 1.22. The molecule has 1 unspecified atom stereocenters. The van der Waals surface area contributed by atoms with Crippen LogP contribution in [0.5, 0.6) is 5.75 Å². The van der Waals surface area contributed by atoms with Gasteiger partial charge in [-0.1, -0.05) is 6.92 Å². The van der Waals surface area contributed by atoms with Crippen molar-refractivity contribution in [1.82, 2.24) is 0 Å². The Labute approximate surface area is 99.8 Å². The van der Waals surface area contributed by atoms with E-state index in [0.29, 0.717) is 11.3 Å². The van der Waals surface area contributed by atoms with Crippen molar-refractivity contribution >= 4 is 17.5 Å². The van der Waals surface area contributed by atoms with Gasteiger partial charge in [0.15, 0.2) is 5.78 Å². The molecule has 1 aromatic rings. The van der Waals surface area contributed by atoms with Crippen LogP contribution in [0.1, 0.15) is 17.3 Å². The van der Waals surface area contributed by atoms with Crippen LogP contribution in [0.4, 0.5) is 0 Å². The molecule has 0 radical (unpaired) electrons. The number of ether oxygens (including phenoxy) is 1. The number of aliphatic hydroxyl groups is 1. The summed E-state index contributed by atoms with van der Waals surface area (Å²) in [4.78, 5) is 11.7. The van der Waals surface area contributed by atoms with Gasteiger partial charge in [0.2, 0.25) is 0 Å². The molecule has 0 saturated carbocycles. The molecule has 88 valence electrons. The van der Waals surface area contributed by atoms with E-state index in [1.54, 1.807) is 31.4 Å². The number of thioether (sulfide) groups is 1. The largest absolute Gasteiger partial charge is 0.497 e. The van der Waals surface area contributed by atoms with E-state index in [-0.39, 0.29) is 17.6 Å². The first-order chi connectivity index (χ1) is 7.67. The summed E-state index contributed by atoms with van der Waals surface area (Å²) < 4.78 is 5.01. The van der Waals surface area contributed by atoms with Gasteiger partial charge in [0.05, 0.1) is 19.5 Å². The Bertz CT molecular complexity index is 335. The second-order valence-electron chi connectivity index (χ2n) is 3.46. The molecule has 0 aliphatic carbocycles. The zero-order chi connectivity index (χ0) is 12.0. The fourth-order valence-corrected chi connectivity index (χ4v) is 1.84. The first kappa shape index (κ1) is 13.1. The minimum Gasteiger partial charge on any atom is -0.497 e. The van der Waals surface area contributed by atoms with E-state index in [4.69, 9.17) is 9.84 Å². The van der Waals surface area contributed by atoms with E-state index in [9.17, 15) is 4.79 Å². The number of benzene rings is 1. The first-order valence-corrected chi connectivity index (χ1v) is 6.12. The predicted octanol–water partition coefficient (Wildman–Crippen LogP) is 1.99. The van der Waals surface area contributed by atoms with Crippen LogP contribution in [0.3, 0.4) is 0 Å². The molecule has 0 spiro atoms. The quantitative estimate of drug-likeness (QED) is 0.772. The molecule has 1 atom stereocenters. The average Bonchev–Trinajstić information content (AvgIpc) is 2.35. The molecule has 0 fully saturated rings. The smallest absolute Gasteiger partial charge is 0.172 e. The van der Waals surface area contributed by atoms with Crippen LogP contribution < -0.4 is 4.74 Å². The number of carbonyl (C=O) groups excluding carboxylic acids is 1. The molecule has 1 N–H and O–H groups in total. The summed E-state index contributed by atoms with van der Waals surface area (Å²) in [6, 6.07) is 7.05. The van der Waals surface area contributed by atoms with Crippen molar-refractivity contribution in [1.29, 1.82) is 0 Å². The molecule has 0 amide bonds. The third-order valence-electron chi connectivity index (χ3n) is 2.17. The van der Waals surface area contributed by atoms with Gasteiger partial charge in [0.25, 0.3) is 0 Å². The maximum Gasteiger partial charge on any atom is 0.172 e. The number of hydrogen-bond donors (Lipinski definition) is 1. The lowest BCUT2D eigenvalue weighted by Gasteiger charge is -2.07. The van der Waals surface area contributed by atoms with Crippen LogP contribution in [0, 0.1) is 0 Å². The Balaban J connectivity index is 2.52. The van der Waals surface area contributed by atoms with Crippen molar-refractivity contribution < 1.29 is 14.6 Å². The third-order valence-corrected chi connectivity index (χ3v) is 3.32. The minimum absolute atomic E-state index is 0.0768. The SMILES string of the molecule is COc1ccc(C(=O)CSC(C)CO)cc1. The topological polar surface area (TPSA) is 46.5 Å². The number of carbonyl (C=O) groups is 1. The van der Waals surface area contributed by atoms with Gasteiger partial charge in [-0.25, -0.2) is 0 Å². The molecule has 3 nitrogen and oxygen atoms in total. The second-order valence-corrected chi connectivity index (χ2v) is 4.88. The lowest BCUT2D eigenvalue weighted by atomic mass is 10.1. The lowest BCUT2D eigenvalue weighted by molar-refractivity contribution is 0.102. The summed E-state index contributed by atoms with van der Waals surface area (Å²) in [7, 11) is 1.59. The monoisotopic (exact) mass is 240 g/mol. The standard InChI is InChI=1S/C12H16O3S/c1-9(7-13)16-8-12(14)10-3-5-11(15-2)6-4-10/h3-6,9,13H,7-8H2,1-2H3. The van der Waals surface area contributed by atoms with Gasteiger partial charge in [0, 0.05) is 10.8 Å². The first-order valence-electron chi connectivity index (χ1n) is 5.07. The number of hydrogen-bond acceptors (Lipinski definition) is 4. The summed E-state index contributed by atoms with van der Waals surface area (Å²) in [6.07, 6.45) is 0. The Hall–Kier alpha value is -1.00. The van der Waals surface area contributed by atoms with Gasteiger partial charge < -0.3 is 9.84 Å². The molecule has 4 heteroatoms. The molecular weight excluding hydrogens is 224 g/mol. The van der Waals surface area contributed by atoms with Crippen molar-refractivity contribution in [3.63, 3.8) is 0 Å². The van der Waals surface area contributed by atoms with Crippen molar-refractivity contribution in [2.24, 2.45) is 0 Å². The van der Waals surface area contributed by atoms with Gasteiger partial charge in [0.1, 0.15) is 5.75 Å². The summed E-state index contributed by atoms with van der Waals surface area (Å²) in [6.45, 7) is 1.99. The number of aliphatic hydroxyl groups excluding tert-OH is 1. The molecule has 0 aromatic heterocycles. The fraction of sp³-hybridized carbons (Fsp3) is 0.417. The van der Waals surface area contributed by atoms with Gasteiger partial charge in [-0.3, -0.25) is 4.79 Å². The van der Waals surface area contributed by atoms with Crippen LogP contribution in [-0.4, -0.2) is 35.6 Å². The molecule has 16 heavy (non-hydrogen) atoms. The highest BCUT2D eigenvalue weighted by atomic mass is 32.2. The van der Waals surface area contributed by atoms with Crippen molar-refractivity contribution in [3.05, 3.63) is 29.8 Å². The van der Waals surface area contributed by atoms with E-state index in [2.05, 4.69) is 0 Å². The Kier molecular flexibility index (Phi) is 5.35. The van der Waals surface area contributed by atoms with Gasteiger partial charge >= 0.3 is 0 Å². The number of ketones is 1. The summed E-state index contributed by atoms with van der Waals surface area (Å²) in [5.41, 5.74) is 0.679. The summed E-state index contributed by atoms with van der Waals surface area (Å²) >= 11 is 1.46. The number of Topliss-reactive ketones (excluding diaryl/α,β-unsaturated/α-hetero) is 1. The van der Waals surface area contributed by atoms with Crippen LogP contribution in [0.2, 0.25) is 0 Å². The number of rotatable bonds is 6. The highest BCUT2D eigenvalue weighted by Crippen LogP contribution is 2.15. The van der Waals surface area contributed by atoms with Gasteiger partial charge in [-0.2, -0.15) is 0 Å². The molecule has 1 rings (SSSR count). The molecule has 0 aliphatic rings. The summed E-state index contributed by atoms with van der Waals surface area (Å²) in [5, 5.41) is 8.94. The van der Waals surface area contributed by atoms with Gasteiger partial charge in [-0.05, 0) is 24.3 Å². The van der Waals surface area contributed by atoms with Crippen LogP contribution >= 0.6 is 11.8 Å². The maximum absolute atomic E-state index is 11.7. The van der Waals surface area contributed by atoms with Crippen LogP contribution in [0.25, 0.3) is 0 Å². The fourth-order valence-electron chi connectivity index (χ4n) is 1.13. The Morgan fingerprint density at radius 2 is 2.06 bits per heavy atom. The maximum atomic E-state index is 11.7. The minimum atomic E-state index is 0.0768. The average molecular weight is 240 g/mol. The van der Waals surface area contributed by atoms with Gasteiger partial charge in [-0.15, -0.1) is 11.8 Å². The van der Waals surface area contributed by atoms with E-state index >= 15 is 0 Å². The van der Waals surface area contributed by atoms with E-state index in [0.717, 1.165) is 5.75 Å². The van der Waals surface area contributed by atoms with Crippen LogP contribution in [0.15, 0.2) is 24.3 Å². The van der Waals surface area contributed by atoms with E-state index in [1.165, 1.54) is 11.8 Å². The second kappa shape index (κ2) is 6.55. The van der Waals surface area contributed by atoms with E-state index in [1.807, 2.05) is 6.92 Å². The Morgan fingerprint density at radius 3 is 2.56 bits per heavy atom. The predicted molar refractivity (Wildman–Crippen MR) is 66.3 cm³/mol. The van der Waals surface area contributed by atoms with Crippen molar-refractivity contribution in [2.75, 3.05) is 19.5 Å². The molecular formula is C12H16O3S. The molecule has 0 aliphatic heterocycles. The normalized spacial score (nSPS) is 12.2. The van der Waals surface area contributed by atoms with Crippen molar-refractivity contribution in [2.45, 2.75) is 12.2 Å². The molecule has 0 saturated heterocycles. The van der Waals surface area contributed by atoms with Crippen molar-refractivity contribution in [3.8, 4) is 5.75 Å². The molecule has 0 bridgehead atoms. The zero-order valence-corrected chi connectivity index (χ0v) is 10.3. The van der Waals surface area contributed by atoms with Crippen LogP contribution in [-0.2, 0) is 0 Å². The number of methoxy groups -OCH3 is 1. The lowest BCUT2D eigenvalue weighted by Crippen LogP contribution is -2.09. The molecule has 0 heterocycles. The Morgan fingerprint density at radius 1 is 1.44 bits per heavy atom. The zero-order valence-electron chi connectivity index (χ0n) is 9.47. The molecule has 1 aromatic carbocycles. The highest BCUT2D eigenvalue weighted by molar-refractivity contribution is 8.00.